The summed E-state index contributed by atoms with van der Waals surface area (Å²) in [6.45, 7) is 9.39. The summed E-state index contributed by atoms with van der Waals surface area (Å²) in [6, 6.07) is 10.2. The third-order valence-electron chi connectivity index (χ3n) is 3.12. The molecular formula is C16H23N5. The molecule has 5 heteroatoms. The lowest BCUT2D eigenvalue weighted by molar-refractivity contribution is 0.590. The number of nitrogen functional groups attached to an aromatic ring is 1. The number of aromatic nitrogens is 2. The number of benzene rings is 1. The van der Waals surface area contributed by atoms with Crippen molar-refractivity contribution in [1.29, 1.82) is 0 Å². The molecule has 0 amide bonds. The minimum Gasteiger partial charge on any atom is -0.370 e. The lowest BCUT2D eigenvalue weighted by Crippen LogP contribution is -2.10. The van der Waals surface area contributed by atoms with Gasteiger partial charge in [0.05, 0.1) is 0 Å². The molecule has 0 radical (unpaired) electrons. The standard InChI is InChI=1S/C16H23N5/c1-5-18-13-10-14(21-15(17)20-13)19-12-8-6-11(7-9-12)16(2,3)4/h6-10H,5H2,1-4H3,(H4,17,18,19,20,21). The molecule has 5 nitrogen and oxygen atoms in total. The van der Waals surface area contributed by atoms with E-state index in [9.17, 15) is 0 Å². The van der Waals surface area contributed by atoms with E-state index in [-0.39, 0.29) is 11.4 Å². The molecule has 0 saturated heterocycles. The van der Waals surface area contributed by atoms with Gasteiger partial charge in [0.2, 0.25) is 5.95 Å². The number of hydrogen-bond acceptors (Lipinski definition) is 5. The maximum absolute atomic E-state index is 5.72. The summed E-state index contributed by atoms with van der Waals surface area (Å²) in [5.41, 5.74) is 8.14. The molecule has 4 N–H and O–H groups in total. The van der Waals surface area contributed by atoms with Gasteiger partial charge in [0.25, 0.3) is 0 Å². The molecule has 0 atom stereocenters. The molecular weight excluding hydrogens is 262 g/mol. The van der Waals surface area contributed by atoms with E-state index < -0.39 is 0 Å². The fourth-order valence-electron chi connectivity index (χ4n) is 2.00. The molecule has 0 bridgehead atoms. The predicted octanol–water partition coefficient (Wildman–Crippen LogP) is 3.53. The second-order valence-corrected chi connectivity index (χ2v) is 5.98. The smallest absolute Gasteiger partial charge is 0.223 e. The van der Waals surface area contributed by atoms with Crippen LogP contribution in [0.4, 0.5) is 23.3 Å². The monoisotopic (exact) mass is 285 g/mol. The first-order valence-corrected chi connectivity index (χ1v) is 7.14. The van der Waals surface area contributed by atoms with Gasteiger partial charge in [-0.2, -0.15) is 9.97 Å². The van der Waals surface area contributed by atoms with E-state index in [0.717, 1.165) is 18.1 Å². The fourth-order valence-corrected chi connectivity index (χ4v) is 2.00. The number of anilines is 4. The summed E-state index contributed by atoms with van der Waals surface area (Å²) in [4.78, 5) is 8.33. The number of hydrogen-bond donors (Lipinski definition) is 3. The molecule has 1 heterocycles. The van der Waals surface area contributed by atoms with Crippen molar-refractivity contribution in [3.05, 3.63) is 35.9 Å². The molecule has 0 aliphatic rings. The molecule has 112 valence electrons. The highest BCUT2D eigenvalue weighted by atomic mass is 15.1. The summed E-state index contributed by atoms with van der Waals surface area (Å²) in [7, 11) is 0. The molecule has 2 rings (SSSR count). The maximum Gasteiger partial charge on any atom is 0.223 e. The Kier molecular flexibility index (Phi) is 4.31. The van der Waals surface area contributed by atoms with Crippen molar-refractivity contribution in [3.8, 4) is 0 Å². The van der Waals surface area contributed by atoms with Crippen LogP contribution in [0.5, 0.6) is 0 Å². The molecule has 0 aliphatic heterocycles. The minimum atomic E-state index is 0.149. The zero-order valence-corrected chi connectivity index (χ0v) is 13.1. The summed E-state index contributed by atoms with van der Waals surface area (Å²) in [5, 5.41) is 6.38. The number of nitrogens with two attached hydrogens (primary N) is 1. The Balaban J connectivity index is 2.18. The first-order chi connectivity index (χ1) is 9.88. The van der Waals surface area contributed by atoms with E-state index >= 15 is 0 Å². The van der Waals surface area contributed by atoms with Gasteiger partial charge in [0.15, 0.2) is 0 Å². The Hall–Kier alpha value is -2.30. The molecule has 1 aromatic carbocycles. The quantitative estimate of drug-likeness (QED) is 0.801. The van der Waals surface area contributed by atoms with E-state index in [2.05, 4.69) is 53.5 Å². The van der Waals surface area contributed by atoms with Gasteiger partial charge in [-0.25, -0.2) is 0 Å². The van der Waals surface area contributed by atoms with Crippen LogP contribution in [0.3, 0.4) is 0 Å². The van der Waals surface area contributed by atoms with Gasteiger partial charge in [-0.3, -0.25) is 0 Å². The second kappa shape index (κ2) is 5.99. The Morgan fingerprint density at radius 1 is 1.05 bits per heavy atom. The lowest BCUT2D eigenvalue weighted by atomic mass is 9.87. The molecule has 2 aromatic rings. The van der Waals surface area contributed by atoms with Crippen molar-refractivity contribution < 1.29 is 0 Å². The Labute approximate surface area is 126 Å². The summed E-state index contributed by atoms with van der Waals surface area (Å²) < 4.78 is 0. The second-order valence-electron chi connectivity index (χ2n) is 5.98. The first kappa shape index (κ1) is 15.1. The molecule has 0 unspecified atom stereocenters. The number of rotatable bonds is 4. The summed E-state index contributed by atoms with van der Waals surface area (Å²) in [5.74, 6) is 1.66. The minimum absolute atomic E-state index is 0.149. The van der Waals surface area contributed by atoms with E-state index in [0.29, 0.717) is 5.82 Å². The molecule has 0 fully saturated rings. The number of nitrogens with one attached hydrogen (secondary N) is 2. The number of nitrogens with zero attached hydrogens (tertiary/aromatic N) is 2. The van der Waals surface area contributed by atoms with Crippen LogP contribution in [0.25, 0.3) is 0 Å². The average molecular weight is 285 g/mol. The largest absolute Gasteiger partial charge is 0.370 e. The highest BCUT2D eigenvalue weighted by Crippen LogP contribution is 2.25. The lowest BCUT2D eigenvalue weighted by Gasteiger charge is -2.19. The van der Waals surface area contributed by atoms with E-state index in [1.807, 2.05) is 25.1 Å². The third-order valence-corrected chi connectivity index (χ3v) is 3.12. The average Bonchev–Trinajstić information content (AvgIpc) is 2.38. The Morgan fingerprint density at radius 2 is 1.67 bits per heavy atom. The van der Waals surface area contributed by atoms with Crippen molar-refractivity contribution >= 4 is 23.3 Å². The summed E-state index contributed by atoms with van der Waals surface area (Å²) in [6.07, 6.45) is 0. The van der Waals surface area contributed by atoms with E-state index in [1.165, 1.54) is 5.56 Å². The van der Waals surface area contributed by atoms with Gasteiger partial charge < -0.3 is 16.4 Å². The normalized spacial score (nSPS) is 11.2. The van der Waals surface area contributed by atoms with Crippen LogP contribution in [0.15, 0.2) is 30.3 Å². The van der Waals surface area contributed by atoms with Gasteiger partial charge in [-0.15, -0.1) is 0 Å². The molecule has 0 aliphatic carbocycles. The maximum atomic E-state index is 5.72. The van der Waals surface area contributed by atoms with Crippen LogP contribution in [-0.4, -0.2) is 16.5 Å². The van der Waals surface area contributed by atoms with Crippen LogP contribution >= 0.6 is 0 Å². The molecule has 0 spiro atoms. The van der Waals surface area contributed by atoms with Crippen molar-refractivity contribution in [2.75, 3.05) is 22.9 Å². The first-order valence-electron chi connectivity index (χ1n) is 7.14. The van der Waals surface area contributed by atoms with Crippen LogP contribution in [-0.2, 0) is 5.41 Å². The van der Waals surface area contributed by atoms with Crippen LogP contribution < -0.4 is 16.4 Å². The molecule has 21 heavy (non-hydrogen) atoms. The van der Waals surface area contributed by atoms with Crippen LogP contribution in [0, 0.1) is 0 Å². The third kappa shape index (κ3) is 4.08. The van der Waals surface area contributed by atoms with Gasteiger partial charge in [-0.1, -0.05) is 32.9 Å². The zero-order valence-electron chi connectivity index (χ0n) is 13.1. The Bertz CT molecular complexity index is 599. The summed E-state index contributed by atoms with van der Waals surface area (Å²) >= 11 is 0. The van der Waals surface area contributed by atoms with Gasteiger partial charge in [0, 0.05) is 18.3 Å². The van der Waals surface area contributed by atoms with Gasteiger partial charge in [-0.05, 0) is 30.0 Å². The molecule has 1 aromatic heterocycles. The van der Waals surface area contributed by atoms with Gasteiger partial charge in [0.1, 0.15) is 11.6 Å². The highest BCUT2D eigenvalue weighted by molar-refractivity contribution is 5.61. The SMILES string of the molecule is CCNc1cc(Nc2ccc(C(C)(C)C)cc2)nc(N)n1. The highest BCUT2D eigenvalue weighted by Gasteiger charge is 2.12. The van der Waals surface area contributed by atoms with E-state index in [4.69, 9.17) is 5.73 Å². The molecule has 0 saturated carbocycles. The Morgan fingerprint density at radius 3 is 2.24 bits per heavy atom. The van der Waals surface area contributed by atoms with E-state index in [1.54, 1.807) is 0 Å². The van der Waals surface area contributed by atoms with Gasteiger partial charge >= 0.3 is 0 Å². The predicted molar refractivity (Wildman–Crippen MR) is 89.0 cm³/mol. The fraction of sp³-hybridized carbons (Fsp3) is 0.375. The van der Waals surface area contributed by atoms with Crippen molar-refractivity contribution in [2.45, 2.75) is 33.1 Å². The van der Waals surface area contributed by atoms with Crippen LogP contribution in [0.1, 0.15) is 33.3 Å². The zero-order chi connectivity index (χ0) is 15.5. The topological polar surface area (TPSA) is 75.9 Å². The van der Waals surface area contributed by atoms with Crippen molar-refractivity contribution in [3.63, 3.8) is 0 Å². The van der Waals surface area contributed by atoms with Crippen LogP contribution in [0.2, 0.25) is 0 Å². The van der Waals surface area contributed by atoms with Crippen molar-refractivity contribution in [1.82, 2.24) is 9.97 Å². The van der Waals surface area contributed by atoms with Crippen molar-refractivity contribution in [2.24, 2.45) is 0 Å².